The standard InChI is InChI=1S/C21H21N5O2/c1-15-12-20(24-21(22-15)16-6-5-9-19(13-16)26(27)28)25-11-10-18(14-25)23-17-7-3-2-4-8-17/h2-9,12-13,18,23H,10-11,14H2,1H3. The van der Waals surface area contributed by atoms with Crippen LogP contribution in [0.3, 0.4) is 0 Å². The van der Waals surface area contributed by atoms with E-state index in [0.717, 1.165) is 36.7 Å². The number of non-ortho nitro benzene ring substituents is 1. The zero-order valence-corrected chi connectivity index (χ0v) is 15.6. The molecule has 2 aromatic carbocycles. The van der Waals surface area contributed by atoms with E-state index in [-0.39, 0.29) is 5.69 Å². The highest BCUT2D eigenvalue weighted by molar-refractivity contribution is 5.61. The number of anilines is 2. The number of nitro benzene ring substituents is 1. The predicted octanol–water partition coefficient (Wildman–Crippen LogP) is 4.05. The third kappa shape index (κ3) is 3.93. The van der Waals surface area contributed by atoms with Crippen molar-refractivity contribution >= 4 is 17.2 Å². The average Bonchev–Trinajstić information content (AvgIpc) is 3.17. The molecule has 28 heavy (non-hydrogen) atoms. The van der Waals surface area contributed by atoms with E-state index < -0.39 is 4.92 Å². The van der Waals surface area contributed by atoms with Crippen LogP contribution in [0.15, 0.2) is 60.7 Å². The fraction of sp³-hybridized carbons (Fsp3) is 0.238. The minimum absolute atomic E-state index is 0.0393. The molecule has 7 nitrogen and oxygen atoms in total. The zero-order chi connectivity index (χ0) is 19.5. The molecule has 0 radical (unpaired) electrons. The molecule has 0 aliphatic carbocycles. The maximum atomic E-state index is 11.1. The molecule has 1 fully saturated rings. The Morgan fingerprint density at radius 2 is 1.93 bits per heavy atom. The molecule has 1 unspecified atom stereocenters. The molecule has 1 saturated heterocycles. The topological polar surface area (TPSA) is 84.2 Å². The first-order chi connectivity index (χ1) is 13.6. The van der Waals surface area contributed by atoms with Gasteiger partial charge < -0.3 is 10.2 Å². The van der Waals surface area contributed by atoms with E-state index in [2.05, 4.69) is 27.3 Å². The third-order valence-electron chi connectivity index (χ3n) is 4.81. The van der Waals surface area contributed by atoms with E-state index in [9.17, 15) is 10.1 Å². The van der Waals surface area contributed by atoms with E-state index in [0.29, 0.717) is 17.4 Å². The van der Waals surface area contributed by atoms with Crippen molar-refractivity contribution in [1.82, 2.24) is 9.97 Å². The van der Waals surface area contributed by atoms with Crippen LogP contribution in [0.4, 0.5) is 17.2 Å². The van der Waals surface area contributed by atoms with Gasteiger partial charge in [-0.15, -0.1) is 0 Å². The summed E-state index contributed by atoms with van der Waals surface area (Å²) in [6.45, 7) is 3.66. The summed E-state index contributed by atoms with van der Waals surface area (Å²) in [5, 5.41) is 14.6. The Kier molecular flexibility index (Phi) is 4.89. The maximum Gasteiger partial charge on any atom is 0.270 e. The van der Waals surface area contributed by atoms with Crippen molar-refractivity contribution in [2.24, 2.45) is 0 Å². The van der Waals surface area contributed by atoms with Gasteiger partial charge in [-0.1, -0.05) is 30.3 Å². The Morgan fingerprint density at radius 3 is 2.71 bits per heavy atom. The van der Waals surface area contributed by atoms with Crippen molar-refractivity contribution in [3.63, 3.8) is 0 Å². The van der Waals surface area contributed by atoms with Crippen molar-refractivity contribution in [3.05, 3.63) is 76.5 Å². The van der Waals surface area contributed by atoms with Crippen molar-refractivity contribution in [2.45, 2.75) is 19.4 Å². The molecule has 1 N–H and O–H groups in total. The van der Waals surface area contributed by atoms with Gasteiger partial charge in [-0.05, 0) is 25.5 Å². The fourth-order valence-electron chi connectivity index (χ4n) is 3.46. The molecular weight excluding hydrogens is 354 g/mol. The number of para-hydroxylation sites is 1. The lowest BCUT2D eigenvalue weighted by Gasteiger charge is -2.19. The predicted molar refractivity (Wildman–Crippen MR) is 110 cm³/mol. The molecule has 142 valence electrons. The summed E-state index contributed by atoms with van der Waals surface area (Å²) in [6, 6.07) is 18.9. The van der Waals surface area contributed by atoms with Crippen molar-refractivity contribution in [1.29, 1.82) is 0 Å². The molecular formula is C21H21N5O2. The Bertz CT molecular complexity index is 993. The minimum atomic E-state index is -0.402. The molecule has 0 amide bonds. The molecule has 1 aliphatic rings. The lowest BCUT2D eigenvalue weighted by Crippen LogP contribution is -2.26. The van der Waals surface area contributed by atoms with Crippen molar-refractivity contribution < 1.29 is 4.92 Å². The summed E-state index contributed by atoms with van der Waals surface area (Å²) >= 11 is 0. The molecule has 2 heterocycles. The Morgan fingerprint density at radius 1 is 1.11 bits per heavy atom. The van der Waals surface area contributed by atoms with Crippen LogP contribution in [-0.2, 0) is 0 Å². The van der Waals surface area contributed by atoms with Gasteiger partial charge in [-0.2, -0.15) is 0 Å². The summed E-state index contributed by atoms with van der Waals surface area (Å²) in [5.74, 6) is 1.37. The quantitative estimate of drug-likeness (QED) is 0.535. The molecule has 1 aromatic heterocycles. The van der Waals surface area contributed by atoms with E-state index in [1.807, 2.05) is 31.2 Å². The summed E-state index contributed by atoms with van der Waals surface area (Å²) in [4.78, 5) is 22.1. The van der Waals surface area contributed by atoms with E-state index in [1.54, 1.807) is 12.1 Å². The second kappa shape index (κ2) is 7.64. The number of nitrogens with one attached hydrogen (secondary N) is 1. The monoisotopic (exact) mass is 375 g/mol. The van der Waals surface area contributed by atoms with Crippen LogP contribution in [0.5, 0.6) is 0 Å². The van der Waals surface area contributed by atoms with Gasteiger partial charge in [-0.3, -0.25) is 10.1 Å². The first-order valence-corrected chi connectivity index (χ1v) is 9.25. The Hall–Kier alpha value is -3.48. The number of hydrogen-bond donors (Lipinski definition) is 1. The van der Waals surface area contributed by atoms with Gasteiger partial charge in [0.2, 0.25) is 0 Å². The number of benzene rings is 2. The largest absolute Gasteiger partial charge is 0.380 e. The smallest absolute Gasteiger partial charge is 0.270 e. The van der Waals surface area contributed by atoms with Gasteiger partial charge in [0.15, 0.2) is 5.82 Å². The number of nitrogens with zero attached hydrogens (tertiary/aromatic N) is 4. The first kappa shape index (κ1) is 17.9. The van der Waals surface area contributed by atoms with Gasteiger partial charge in [0.25, 0.3) is 5.69 Å². The molecule has 4 rings (SSSR count). The molecule has 7 heteroatoms. The number of aryl methyl sites for hydroxylation is 1. The van der Waals surface area contributed by atoms with Crippen molar-refractivity contribution in [3.8, 4) is 11.4 Å². The number of nitro groups is 1. The lowest BCUT2D eigenvalue weighted by molar-refractivity contribution is -0.384. The summed E-state index contributed by atoms with van der Waals surface area (Å²) in [6.07, 6.45) is 1.02. The van der Waals surface area contributed by atoms with Crippen molar-refractivity contribution in [2.75, 3.05) is 23.3 Å². The van der Waals surface area contributed by atoms with Crippen LogP contribution < -0.4 is 10.2 Å². The first-order valence-electron chi connectivity index (χ1n) is 9.25. The highest BCUT2D eigenvalue weighted by atomic mass is 16.6. The average molecular weight is 375 g/mol. The Balaban J connectivity index is 1.55. The summed E-state index contributed by atoms with van der Waals surface area (Å²) in [5.41, 5.74) is 2.64. The molecule has 1 aliphatic heterocycles. The van der Waals surface area contributed by atoms with Gasteiger partial charge in [-0.25, -0.2) is 9.97 Å². The highest BCUT2D eigenvalue weighted by Crippen LogP contribution is 2.26. The van der Waals surface area contributed by atoms with Crippen LogP contribution in [0.1, 0.15) is 12.1 Å². The SMILES string of the molecule is Cc1cc(N2CCC(Nc3ccccc3)C2)nc(-c2cccc([N+](=O)[O-])c2)n1. The van der Waals surface area contributed by atoms with Gasteiger partial charge in [0.05, 0.1) is 4.92 Å². The number of hydrogen-bond acceptors (Lipinski definition) is 6. The minimum Gasteiger partial charge on any atom is -0.380 e. The lowest BCUT2D eigenvalue weighted by atomic mass is 10.2. The van der Waals surface area contributed by atoms with Gasteiger partial charge >= 0.3 is 0 Å². The second-order valence-corrected chi connectivity index (χ2v) is 6.94. The molecule has 0 spiro atoms. The van der Waals surface area contributed by atoms with E-state index in [4.69, 9.17) is 4.98 Å². The summed E-state index contributed by atoms with van der Waals surface area (Å²) in [7, 11) is 0. The Labute approximate surface area is 163 Å². The van der Waals surface area contributed by atoms with Gasteiger partial charge in [0.1, 0.15) is 5.82 Å². The third-order valence-corrected chi connectivity index (χ3v) is 4.81. The van der Waals surface area contributed by atoms with Crippen LogP contribution in [0.2, 0.25) is 0 Å². The number of rotatable bonds is 5. The van der Waals surface area contributed by atoms with Crippen LogP contribution in [0, 0.1) is 17.0 Å². The van der Waals surface area contributed by atoms with Crippen LogP contribution >= 0.6 is 0 Å². The molecule has 3 aromatic rings. The normalized spacial score (nSPS) is 16.2. The maximum absolute atomic E-state index is 11.1. The molecule has 0 bridgehead atoms. The van der Waals surface area contributed by atoms with Gasteiger partial charge in [0, 0.05) is 54.3 Å². The summed E-state index contributed by atoms with van der Waals surface area (Å²) < 4.78 is 0. The number of aromatic nitrogens is 2. The van der Waals surface area contributed by atoms with Crippen LogP contribution in [0.25, 0.3) is 11.4 Å². The molecule has 0 saturated carbocycles. The van der Waals surface area contributed by atoms with Crippen LogP contribution in [-0.4, -0.2) is 34.0 Å². The highest BCUT2D eigenvalue weighted by Gasteiger charge is 2.24. The fourth-order valence-corrected chi connectivity index (χ4v) is 3.46. The van der Waals surface area contributed by atoms with E-state index in [1.165, 1.54) is 12.1 Å². The zero-order valence-electron chi connectivity index (χ0n) is 15.6. The van der Waals surface area contributed by atoms with E-state index >= 15 is 0 Å². The second-order valence-electron chi connectivity index (χ2n) is 6.94. The molecule has 1 atom stereocenters.